The summed E-state index contributed by atoms with van der Waals surface area (Å²) in [6.07, 6.45) is 1.58. The molecule has 9 heteroatoms. The number of hydrazine groups is 1. The van der Waals surface area contributed by atoms with Crippen LogP contribution in [0.3, 0.4) is 0 Å². The van der Waals surface area contributed by atoms with Crippen molar-refractivity contribution >= 4 is 35.3 Å². The first kappa shape index (κ1) is 24.0. The lowest BCUT2D eigenvalue weighted by Gasteiger charge is -2.28. The van der Waals surface area contributed by atoms with Gasteiger partial charge in [0.15, 0.2) is 5.84 Å². The van der Waals surface area contributed by atoms with E-state index in [0.29, 0.717) is 33.3 Å². The lowest BCUT2D eigenvalue weighted by molar-refractivity contribution is -0.120. The van der Waals surface area contributed by atoms with Gasteiger partial charge < -0.3 is 4.74 Å². The highest BCUT2D eigenvalue weighted by Crippen LogP contribution is 2.27. The fraction of sp³-hybridized carbons (Fsp3) is 0.0714. The van der Waals surface area contributed by atoms with Crippen LogP contribution in [0.1, 0.15) is 27.2 Å². The molecule has 2 heterocycles. The van der Waals surface area contributed by atoms with Crippen molar-refractivity contribution in [1.29, 1.82) is 0 Å². The first-order valence-corrected chi connectivity index (χ1v) is 11.8. The Bertz CT molecular complexity index is 1530. The van der Waals surface area contributed by atoms with E-state index in [1.54, 1.807) is 49.1 Å². The number of nitrogens with one attached hydrogen (secondary N) is 1. The predicted octanol–water partition coefficient (Wildman–Crippen LogP) is 4.82. The molecule has 1 N–H and O–H groups in total. The van der Waals surface area contributed by atoms with Gasteiger partial charge in [-0.05, 0) is 49.4 Å². The molecule has 0 fully saturated rings. The first-order chi connectivity index (χ1) is 18.0. The van der Waals surface area contributed by atoms with Gasteiger partial charge in [-0.25, -0.2) is 9.67 Å². The highest BCUT2D eigenvalue weighted by atomic mass is 35.5. The second kappa shape index (κ2) is 10.1. The van der Waals surface area contributed by atoms with Crippen LogP contribution >= 0.6 is 11.6 Å². The van der Waals surface area contributed by atoms with Crippen molar-refractivity contribution < 1.29 is 14.3 Å². The quantitative estimate of drug-likeness (QED) is 0.389. The van der Waals surface area contributed by atoms with Crippen molar-refractivity contribution in [2.45, 2.75) is 6.92 Å². The summed E-state index contributed by atoms with van der Waals surface area (Å²) in [5.74, 6) is -0.102. The summed E-state index contributed by atoms with van der Waals surface area (Å²) in [6, 6.07) is 25.2. The smallest absolute Gasteiger partial charge is 0.288 e. The molecule has 0 saturated carbocycles. The number of aliphatic imine (C=N–C) groups is 1. The summed E-state index contributed by atoms with van der Waals surface area (Å²) in [7, 11) is 1.55. The Morgan fingerprint density at radius 1 is 0.973 bits per heavy atom. The Labute approximate surface area is 218 Å². The van der Waals surface area contributed by atoms with E-state index in [2.05, 4.69) is 15.5 Å². The third-order valence-corrected chi connectivity index (χ3v) is 6.15. The standard InChI is InChI=1S/C28H22ClN5O3/c1-18-23(25(29)33(31-18)21-11-7-4-8-12-21)17-24-27(35)32-34(26(30-24)19-9-5-3-6-10-19)28(36)20-13-15-22(37-2)16-14-20/h3-17H,1-2H3,(H,32,35)/b24-17-. The van der Waals surface area contributed by atoms with E-state index >= 15 is 0 Å². The second-order valence-corrected chi connectivity index (χ2v) is 8.54. The molecular weight excluding hydrogens is 490 g/mol. The number of amidine groups is 1. The Hall–Kier alpha value is -4.69. The highest BCUT2D eigenvalue weighted by molar-refractivity contribution is 6.31. The van der Waals surface area contributed by atoms with Gasteiger partial charge in [-0.15, -0.1) is 0 Å². The van der Waals surface area contributed by atoms with E-state index in [0.717, 1.165) is 10.7 Å². The molecule has 37 heavy (non-hydrogen) atoms. The molecule has 0 unspecified atom stereocenters. The molecule has 8 nitrogen and oxygen atoms in total. The van der Waals surface area contributed by atoms with E-state index in [1.807, 2.05) is 60.7 Å². The second-order valence-electron chi connectivity index (χ2n) is 8.18. The predicted molar refractivity (Wildman–Crippen MR) is 142 cm³/mol. The largest absolute Gasteiger partial charge is 0.497 e. The number of benzene rings is 3. The van der Waals surface area contributed by atoms with Crippen LogP contribution in [0.5, 0.6) is 5.75 Å². The van der Waals surface area contributed by atoms with Crippen LogP contribution in [-0.4, -0.2) is 39.5 Å². The summed E-state index contributed by atoms with van der Waals surface area (Å²) < 4.78 is 6.78. The zero-order valence-corrected chi connectivity index (χ0v) is 20.8. The molecule has 0 radical (unpaired) electrons. The van der Waals surface area contributed by atoms with E-state index < -0.39 is 11.8 Å². The number of carbonyl (C=O) groups excluding carboxylic acids is 2. The van der Waals surface area contributed by atoms with E-state index in [1.165, 1.54) is 0 Å². The molecule has 184 valence electrons. The van der Waals surface area contributed by atoms with Crippen molar-refractivity contribution in [2.24, 2.45) is 4.99 Å². The maximum absolute atomic E-state index is 13.4. The van der Waals surface area contributed by atoms with Crippen molar-refractivity contribution in [3.63, 3.8) is 0 Å². The first-order valence-electron chi connectivity index (χ1n) is 11.4. The molecule has 1 aromatic heterocycles. The number of aromatic nitrogens is 2. The van der Waals surface area contributed by atoms with Crippen LogP contribution in [0.4, 0.5) is 0 Å². The third kappa shape index (κ3) is 4.74. The molecule has 0 aliphatic carbocycles. The Morgan fingerprint density at radius 2 is 1.62 bits per heavy atom. The van der Waals surface area contributed by atoms with Crippen molar-refractivity contribution in [3.8, 4) is 11.4 Å². The number of para-hydroxylation sites is 1. The zero-order valence-electron chi connectivity index (χ0n) is 20.1. The zero-order chi connectivity index (χ0) is 25.9. The molecule has 5 rings (SSSR count). The Morgan fingerprint density at radius 3 is 2.27 bits per heavy atom. The lowest BCUT2D eigenvalue weighted by atomic mass is 10.1. The van der Waals surface area contributed by atoms with Gasteiger partial charge in [0, 0.05) is 16.7 Å². The third-order valence-electron chi connectivity index (χ3n) is 5.79. The summed E-state index contributed by atoms with van der Waals surface area (Å²) in [6.45, 7) is 1.81. The molecule has 0 bridgehead atoms. The maximum atomic E-state index is 13.4. The van der Waals surface area contributed by atoms with Gasteiger partial charge in [0.25, 0.3) is 11.8 Å². The Kier molecular flexibility index (Phi) is 6.57. The Balaban J connectivity index is 1.58. The number of hydrogen-bond acceptors (Lipinski definition) is 5. The number of ether oxygens (including phenoxy) is 1. The minimum absolute atomic E-state index is 0.0928. The van der Waals surface area contributed by atoms with Gasteiger partial charge in [0.2, 0.25) is 0 Å². The SMILES string of the molecule is COc1ccc(C(=O)N2NC(=O)/C(=C/c3c(C)nn(-c4ccccc4)c3Cl)N=C2c2ccccc2)cc1. The minimum atomic E-state index is -0.551. The van der Waals surface area contributed by atoms with Gasteiger partial charge in [-0.1, -0.05) is 60.1 Å². The van der Waals surface area contributed by atoms with E-state index in [-0.39, 0.29) is 11.5 Å². The van der Waals surface area contributed by atoms with Gasteiger partial charge in [-0.3, -0.25) is 15.0 Å². The summed E-state index contributed by atoms with van der Waals surface area (Å²) in [5, 5.41) is 6.03. The van der Waals surface area contributed by atoms with Crippen LogP contribution in [-0.2, 0) is 4.79 Å². The number of amides is 2. The number of carbonyl (C=O) groups is 2. The van der Waals surface area contributed by atoms with Gasteiger partial charge in [-0.2, -0.15) is 10.1 Å². The van der Waals surface area contributed by atoms with Gasteiger partial charge in [0.05, 0.1) is 18.5 Å². The van der Waals surface area contributed by atoms with E-state index in [9.17, 15) is 9.59 Å². The summed E-state index contributed by atoms with van der Waals surface area (Å²) in [4.78, 5) is 31.2. The van der Waals surface area contributed by atoms with Crippen molar-refractivity contribution in [2.75, 3.05) is 7.11 Å². The van der Waals surface area contributed by atoms with Gasteiger partial charge >= 0.3 is 0 Å². The van der Waals surface area contributed by atoms with Crippen molar-refractivity contribution in [3.05, 3.63) is 118 Å². The fourth-order valence-electron chi connectivity index (χ4n) is 3.87. The van der Waals surface area contributed by atoms with Crippen LogP contribution < -0.4 is 10.2 Å². The number of methoxy groups -OCH3 is 1. The molecule has 0 atom stereocenters. The summed E-state index contributed by atoms with van der Waals surface area (Å²) in [5.41, 5.74) is 5.76. The average molecular weight is 512 g/mol. The topological polar surface area (TPSA) is 88.8 Å². The van der Waals surface area contributed by atoms with Crippen LogP contribution in [0.2, 0.25) is 5.15 Å². The minimum Gasteiger partial charge on any atom is -0.497 e. The molecular formula is C28H22ClN5O3. The molecule has 1 aliphatic heterocycles. The van der Waals surface area contributed by atoms with Crippen molar-refractivity contribution in [1.82, 2.24) is 20.2 Å². The normalized spacial score (nSPS) is 14.4. The van der Waals surface area contributed by atoms with E-state index in [4.69, 9.17) is 16.3 Å². The van der Waals surface area contributed by atoms with Gasteiger partial charge in [0.1, 0.15) is 16.6 Å². The lowest BCUT2D eigenvalue weighted by Crippen LogP contribution is -2.53. The maximum Gasteiger partial charge on any atom is 0.288 e. The number of hydrogen-bond donors (Lipinski definition) is 1. The summed E-state index contributed by atoms with van der Waals surface area (Å²) >= 11 is 6.67. The van der Waals surface area contributed by atoms with Crippen LogP contribution in [0, 0.1) is 6.92 Å². The number of nitrogens with zero attached hydrogens (tertiary/aromatic N) is 4. The average Bonchev–Trinajstić information content (AvgIpc) is 3.23. The monoisotopic (exact) mass is 511 g/mol. The van der Waals surface area contributed by atoms with Crippen LogP contribution in [0.15, 0.2) is 95.6 Å². The fourth-order valence-corrected chi connectivity index (χ4v) is 4.19. The molecule has 4 aromatic rings. The molecule has 0 spiro atoms. The number of aryl methyl sites for hydroxylation is 1. The molecule has 0 saturated heterocycles. The molecule has 1 aliphatic rings. The van der Waals surface area contributed by atoms with Crippen LogP contribution in [0.25, 0.3) is 11.8 Å². The highest BCUT2D eigenvalue weighted by Gasteiger charge is 2.31. The number of rotatable bonds is 5. The number of halogens is 1. The molecule has 2 amide bonds. The molecule has 3 aromatic carbocycles.